The first kappa shape index (κ1) is 10.7. The molecule has 1 heterocycles. The molecule has 0 bridgehead atoms. The maximum atomic E-state index is 5.04. The van der Waals surface area contributed by atoms with Crippen LogP contribution in [0.25, 0.3) is 0 Å². The van der Waals surface area contributed by atoms with Crippen LogP contribution < -0.4 is 0 Å². The van der Waals surface area contributed by atoms with E-state index in [1.54, 1.807) is 7.11 Å². The Bertz CT molecular complexity index is 250. The number of ether oxygens (including phenoxy) is 1. The van der Waals surface area contributed by atoms with Crippen LogP contribution in [0.3, 0.4) is 0 Å². The number of rotatable bonds is 5. The van der Waals surface area contributed by atoms with Gasteiger partial charge in [-0.05, 0) is 6.92 Å². The lowest BCUT2D eigenvalue weighted by atomic mass is 10.3. The molecule has 0 amide bonds. The summed E-state index contributed by atoms with van der Waals surface area (Å²) in [6.07, 6.45) is 4.75. The molecule has 74 valence electrons. The van der Waals surface area contributed by atoms with Crippen molar-refractivity contribution in [1.29, 1.82) is 0 Å². The molecule has 0 aliphatic carbocycles. The van der Waals surface area contributed by atoms with Gasteiger partial charge in [0.15, 0.2) is 0 Å². The van der Waals surface area contributed by atoms with E-state index in [9.17, 15) is 0 Å². The zero-order valence-electron chi connectivity index (χ0n) is 8.03. The molecule has 4 heteroatoms. The van der Waals surface area contributed by atoms with Crippen LogP contribution in [0.4, 0.5) is 0 Å². The topological polar surface area (TPSA) is 27.1 Å². The first-order valence-electron chi connectivity index (χ1n) is 4.41. The number of alkyl halides is 1. The van der Waals surface area contributed by atoms with Crippen molar-refractivity contribution in [3.8, 4) is 0 Å². The summed E-state index contributed by atoms with van der Waals surface area (Å²) in [6.45, 7) is 3.81. The van der Waals surface area contributed by atoms with Gasteiger partial charge in [-0.25, -0.2) is 4.98 Å². The Balaban J connectivity index is 2.52. The standard InChI is InChI=1S/C9H15BrN2O/c1-3-12-5-4-11-9(12)6-8(10)7-13-2/h4-5,8H,3,6-7H2,1-2H3. The zero-order chi connectivity index (χ0) is 9.68. The molecule has 0 radical (unpaired) electrons. The minimum absolute atomic E-state index is 0.352. The first-order valence-corrected chi connectivity index (χ1v) is 5.32. The largest absolute Gasteiger partial charge is 0.384 e. The zero-order valence-corrected chi connectivity index (χ0v) is 9.62. The van der Waals surface area contributed by atoms with Crippen molar-refractivity contribution in [1.82, 2.24) is 9.55 Å². The Kier molecular flexibility index (Phi) is 4.45. The maximum Gasteiger partial charge on any atom is 0.109 e. The predicted octanol–water partition coefficient (Wildman–Crippen LogP) is 1.86. The number of imidazole rings is 1. The van der Waals surface area contributed by atoms with Gasteiger partial charge in [-0.3, -0.25) is 0 Å². The van der Waals surface area contributed by atoms with Crippen LogP contribution >= 0.6 is 15.9 Å². The van der Waals surface area contributed by atoms with Gasteiger partial charge in [-0.2, -0.15) is 0 Å². The van der Waals surface area contributed by atoms with E-state index in [1.807, 2.05) is 12.4 Å². The summed E-state index contributed by atoms with van der Waals surface area (Å²) in [5, 5.41) is 0. The molecule has 0 aromatic carbocycles. The molecular weight excluding hydrogens is 232 g/mol. The van der Waals surface area contributed by atoms with E-state index in [-0.39, 0.29) is 0 Å². The molecule has 0 aliphatic heterocycles. The van der Waals surface area contributed by atoms with Gasteiger partial charge < -0.3 is 9.30 Å². The highest BCUT2D eigenvalue weighted by Gasteiger charge is 2.08. The third-order valence-corrected chi connectivity index (χ3v) is 2.48. The molecule has 1 rings (SSSR count). The van der Waals surface area contributed by atoms with Crippen LogP contribution in [0.15, 0.2) is 12.4 Å². The Labute approximate surface area is 87.2 Å². The van der Waals surface area contributed by atoms with Gasteiger partial charge >= 0.3 is 0 Å². The van der Waals surface area contributed by atoms with Crippen LogP contribution in [0, 0.1) is 0 Å². The summed E-state index contributed by atoms with van der Waals surface area (Å²) < 4.78 is 7.18. The highest BCUT2D eigenvalue weighted by atomic mass is 79.9. The monoisotopic (exact) mass is 246 g/mol. The third kappa shape index (κ3) is 3.12. The average Bonchev–Trinajstić information content (AvgIpc) is 2.52. The second kappa shape index (κ2) is 5.40. The van der Waals surface area contributed by atoms with Crippen LogP contribution in [0.1, 0.15) is 12.7 Å². The summed E-state index contributed by atoms with van der Waals surface area (Å²) in [5.74, 6) is 1.11. The normalized spacial score (nSPS) is 13.2. The van der Waals surface area contributed by atoms with Crippen molar-refractivity contribution < 1.29 is 4.74 Å². The van der Waals surface area contributed by atoms with Crippen molar-refractivity contribution in [3.63, 3.8) is 0 Å². The number of methoxy groups -OCH3 is 1. The lowest BCUT2D eigenvalue weighted by molar-refractivity contribution is 0.200. The van der Waals surface area contributed by atoms with E-state index in [0.717, 1.165) is 25.4 Å². The summed E-state index contributed by atoms with van der Waals surface area (Å²) in [7, 11) is 1.71. The van der Waals surface area contributed by atoms with E-state index in [2.05, 4.69) is 32.4 Å². The predicted molar refractivity (Wildman–Crippen MR) is 56.2 cm³/mol. The SMILES string of the molecule is CCn1ccnc1CC(Br)COC. The van der Waals surface area contributed by atoms with E-state index in [4.69, 9.17) is 4.74 Å². The molecular formula is C9H15BrN2O. The van der Waals surface area contributed by atoms with E-state index in [0.29, 0.717) is 4.83 Å². The molecule has 1 atom stereocenters. The maximum absolute atomic E-state index is 5.04. The Morgan fingerprint density at radius 3 is 3.08 bits per heavy atom. The van der Waals surface area contributed by atoms with Gasteiger partial charge in [0.25, 0.3) is 0 Å². The lowest BCUT2D eigenvalue weighted by Gasteiger charge is -2.09. The minimum Gasteiger partial charge on any atom is -0.384 e. The smallest absolute Gasteiger partial charge is 0.109 e. The fraction of sp³-hybridized carbons (Fsp3) is 0.667. The molecule has 0 N–H and O–H groups in total. The fourth-order valence-corrected chi connectivity index (χ4v) is 1.81. The lowest BCUT2D eigenvalue weighted by Crippen LogP contribution is -2.13. The number of aryl methyl sites for hydroxylation is 1. The highest BCUT2D eigenvalue weighted by molar-refractivity contribution is 9.09. The average molecular weight is 247 g/mol. The second-order valence-electron chi connectivity index (χ2n) is 2.89. The number of halogens is 1. The number of aromatic nitrogens is 2. The summed E-state index contributed by atoms with van der Waals surface area (Å²) >= 11 is 3.54. The van der Waals surface area contributed by atoms with E-state index < -0.39 is 0 Å². The Hall–Kier alpha value is -0.350. The molecule has 0 fully saturated rings. The van der Waals surface area contributed by atoms with Gasteiger partial charge in [-0.15, -0.1) is 0 Å². The number of hydrogen-bond donors (Lipinski definition) is 0. The third-order valence-electron chi connectivity index (χ3n) is 1.89. The highest BCUT2D eigenvalue weighted by Crippen LogP contribution is 2.08. The molecule has 0 aliphatic rings. The Morgan fingerprint density at radius 1 is 1.69 bits per heavy atom. The molecule has 1 aromatic rings. The van der Waals surface area contributed by atoms with Gasteiger partial charge in [0.05, 0.1) is 6.61 Å². The van der Waals surface area contributed by atoms with Gasteiger partial charge in [0.1, 0.15) is 5.82 Å². The van der Waals surface area contributed by atoms with E-state index in [1.165, 1.54) is 0 Å². The Morgan fingerprint density at radius 2 is 2.46 bits per heavy atom. The van der Waals surface area contributed by atoms with Crippen molar-refractivity contribution in [3.05, 3.63) is 18.2 Å². The van der Waals surface area contributed by atoms with Crippen LogP contribution in [0.5, 0.6) is 0 Å². The van der Waals surface area contributed by atoms with Crippen LogP contribution in [-0.2, 0) is 17.7 Å². The van der Waals surface area contributed by atoms with Gasteiger partial charge in [-0.1, -0.05) is 15.9 Å². The van der Waals surface area contributed by atoms with Crippen LogP contribution in [0.2, 0.25) is 0 Å². The minimum atomic E-state index is 0.352. The summed E-state index contributed by atoms with van der Waals surface area (Å²) in [4.78, 5) is 4.64. The number of hydrogen-bond acceptors (Lipinski definition) is 2. The summed E-state index contributed by atoms with van der Waals surface area (Å²) in [5.41, 5.74) is 0. The number of nitrogens with zero attached hydrogens (tertiary/aromatic N) is 2. The van der Waals surface area contributed by atoms with Crippen molar-refractivity contribution >= 4 is 15.9 Å². The van der Waals surface area contributed by atoms with Gasteiger partial charge in [0, 0.05) is 37.3 Å². The summed E-state index contributed by atoms with van der Waals surface area (Å²) in [6, 6.07) is 0. The second-order valence-corrected chi connectivity index (χ2v) is 4.18. The molecule has 13 heavy (non-hydrogen) atoms. The molecule has 3 nitrogen and oxygen atoms in total. The van der Waals surface area contributed by atoms with Crippen molar-refractivity contribution in [2.75, 3.05) is 13.7 Å². The molecule has 0 saturated heterocycles. The molecule has 1 unspecified atom stereocenters. The fourth-order valence-electron chi connectivity index (χ4n) is 1.26. The van der Waals surface area contributed by atoms with Crippen LogP contribution in [-0.4, -0.2) is 28.1 Å². The molecule has 0 saturated carbocycles. The van der Waals surface area contributed by atoms with E-state index >= 15 is 0 Å². The molecule has 0 spiro atoms. The first-order chi connectivity index (χ1) is 6.27. The quantitative estimate of drug-likeness (QED) is 0.742. The molecule has 1 aromatic heterocycles. The van der Waals surface area contributed by atoms with Crippen molar-refractivity contribution in [2.24, 2.45) is 0 Å². The van der Waals surface area contributed by atoms with Gasteiger partial charge in [0.2, 0.25) is 0 Å². The van der Waals surface area contributed by atoms with Crippen molar-refractivity contribution in [2.45, 2.75) is 24.7 Å².